The summed E-state index contributed by atoms with van der Waals surface area (Å²) in [6.07, 6.45) is 0. The minimum Gasteiger partial charge on any atom is -0.324 e. The summed E-state index contributed by atoms with van der Waals surface area (Å²) in [6, 6.07) is 15.5. The molecule has 0 spiro atoms. The molecule has 1 amide bonds. The van der Waals surface area contributed by atoms with E-state index < -0.39 is 0 Å². The fourth-order valence-electron chi connectivity index (χ4n) is 2.11. The first-order chi connectivity index (χ1) is 11.6. The molecule has 3 aromatic rings. The van der Waals surface area contributed by atoms with Crippen molar-refractivity contribution in [2.24, 2.45) is 0 Å². The Balaban J connectivity index is 1.59. The third-order valence-corrected chi connectivity index (χ3v) is 4.78. The molecule has 122 valence electrons. The lowest BCUT2D eigenvalue weighted by Crippen LogP contribution is -2.14. The molecular weight excluding hydrogens is 388 g/mol. The van der Waals surface area contributed by atoms with E-state index in [2.05, 4.69) is 36.4 Å². The van der Waals surface area contributed by atoms with Crippen LogP contribution in [-0.4, -0.2) is 26.8 Å². The maximum absolute atomic E-state index is 12.0. The topological polar surface area (TPSA) is 70.7 Å². The Morgan fingerprint density at radius 2 is 2.08 bits per heavy atom. The van der Waals surface area contributed by atoms with Crippen molar-refractivity contribution >= 4 is 39.3 Å². The van der Waals surface area contributed by atoms with Crippen LogP contribution in [0.15, 0.2) is 58.2 Å². The molecule has 0 unspecified atom stereocenters. The van der Waals surface area contributed by atoms with Crippen LogP contribution in [0.25, 0.3) is 11.4 Å². The molecule has 0 saturated carbocycles. The van der Waals surface area contributed by atoms with Gasteiger partial charge in [0, 0.05) is 10.0 Å². The first kappa shape index (κ1) is 16.7. The van der Waals surface area contributed by atoms with E-state index in [1.165, 1.54) is 11.8 Å². The zero-order chi connectivity index (χ0) is 16.9. The van der Waals surface area contributed by atoms with Gasteiger partial charge in [-0.1, -0.05) is 47.7 Å². The van der Waals surface area contributed by atoms with Gasteiger partial charge in [-0.05, 0) is 41.1 Å². The van der Waals surface area contributed by atoms with Crippen LogP contribution < -0.4 is 5.32 Å². The Kier molecular flexibility index (Phi) is 5.32. The van der Waals surface area contributed by atoms with Crippen LogP contribution in [0.2, 0.25) is 0 Å². The number of aryl methyl sites for hydroxylation is 1. The van der Waals surface area contributed by atoms with Crippen molar-refractivity contribution < 1.29 is 4.79 Å². The van der Waals surface area contributed by atoms with Crippen LogP contribution in [-0.2, 0) is 4.79 Å². The number of benzene rings is 2. The van der Waals surface area contributed by atoms with Gasteiger partial charge in [0.15, 0.2) is 5.82 Å². The highest BCUT2D eigenvalue weighted by Crippen LogP contribution is 2.23. The summed E-state index contributed by atoms with van der Waals surface area (Å²) in [7, 11) is 0. The van der Waals surface area contributed by atoms with Crippen molar-refractivity contribution in [1.82, 2.24) is 15.2 Å². The Morgan fingerprint density at radius 3 is 2.88 bits per heavy atom. The number of hydrogen-bond donors (Lipinski definition) is 2. The van der Waals surface area contributed by atoms with E-state index in [-0.39, 0.29) is 11.7 Å². The number of amides is 1. The molecule has 5 nitrogen and oxygen atoms in total. The van der Waals surface area contributed by atoms with E-state index in [0.717, 1.165) is 21.3 Å². The highest BCUT2D eigenvalue weighted by Gasteiger charge is 2.10. The first-order valence-corrected chi connectivity index (χ1v) is 9.06. The highest BCUT2D eigenvalue weighted by atomic mass is 79.9. The Bertz CT molecular complexity index is 865. The number of hydrogen-bond acceptors (Lipinski definition) is 4. The smallest absolute Gasteiger partial charge is 0.234 e. The fourth-order valence-corrected chi connectivity index (χ4v) is 3.09. The molecule has 0 aliphatic rings. The maximum Gasteiger partial charge on any atom is 0.234 e. The molecule has 1 heterocycles. The molecule has 1 aromatic heterocycles. The Labute approximate surface area is 152 Å². The van der Waals surface area contributed by atoms with Gasteiger partial charge in [-0.3, -0.25) is 9.89 Å². The maximum atomic E-state index is 12.0. The molecule has 24 heavy (non-hydrogen) atoms. The van der Waals surface area contributed by atoms with Crippen molar-refractivity contribution in [2.75, 3.05) is 11.1 Å². The largest absolute Gasteiger partial charge is 0.324 e. The van der Waals surface area contributed by atoms with Gasteiger partial charge in [-0.25, -0.2) is 4.98 Å². The third kappa shape index (κ3) is 4.24. The number of H-pyrrole nitrogens is 1. The summed E-state index contributed by atoms with van der Waals surface area (Å²) >= 11 is 4.70. The van der Waals surface area contributed by atoms with Crippen LogP contribution in [0.1, 0.15) is 5.56 Å². The molecule has 0 saturated heterocycles. The minimum absolute atomic E-state index is 0.103. The normalized spacial score (nSPS) is 10.6. The van der Waals surface area contributed by atoms with E-state index in [0.29, 0.717) is 11.0 Å². The summed E-state index contributed by atoms with van der Waals surface area (Å²) in [4.78, 5) is 16.5. The average Bonchev–Trinajstić information content (AvgIpc) is 3.04. The lowest BCUT2D eigenvalue weighted by molar-refractivity contribution is -0.113. The van der Waals surface area contributed by atoms with Gasteiger partial charge < -0.3 is 5.32 Å². The standard InChI is InChI=1S/C17H15BrN4OS/c1-11-5-4-6-12(9-11)16-20-17(22-21-16)24-10-15(23)19-14-8-3-2-7-13(14)18/h2-9H,10H2,1H3,(H,19,23)(H,20,21,22). The second kappa shape index (κ2) is 7.63. The van der Waals surface area contributed by atoms with Crippen LogP contribution in [0.4, 0.5) is 5.69 Å². The molecule has 2 N–H and O–H groups in total. The van der Waals surface area contributed by atoms with Crippen molar-refractivity contribution in [1.29, 1.82) is 0 Å². The van der Waals surface area contributed by atoms with E-state index in [4.69, 9.17) is 0 Å². The monoisotopic (exact) mass is 402 g/mol. The van der Waals surface area contributed by atoms with Crippen LogP contribution in [0, 0.1) is 6.92 Å². The summed E-state index contributed by atoms with van der Waals surface area (Å²) in [5.74, 6) is 0.841. The molecule has 0 atom stereocenters. The van der Waals surface area contributed by atoms with Crippen molar-refractivity contribution in [3.63, 3.8) is 0 Å². The predicted octanol–water partition coefficient (Wildman–Crippen LogP) is 4.27. The minimum atomic E-state index is -0.103. The van der Waals surface area contributed by atoms with Gasteiger partial charge in [0.1, 0.15) is 0 Å². The van der Waals surface area contributed by atoms with Gasteiger partial charge in [0.25, 0.3) is 0 Å². The van der Waals surface area contributed by atoms with Gasteiger partial charge in [-0.15, -0.1) is 5.10 Å². The number of aromatic nitrogens is 3. The van der Waals surface area contributed by atoms with Gasteiger partial charge in [-0.2, -0.15) is 0 Å². The lowest BCUT2D eigenvalue weighted by Gasteiger charge is -2.05. The van der Waals surface area contributed by atoms with Crippen LogP contribution >= 0.6 is 27.7 Å². The SMILES string of the molecule is Cc1cccc(-c2nc(SCC(=O)Nc3ccccc3Br)n[nH]2)c1. The molecule has 2 aromatic carbocycles. The molecular formula is C17H15BrN4OS. The number of anilines is 1. The van der Waals surface area contributed by atoms with E-state index >= 15 is 0 Å². The fraction of sp³-hybridized carbons (Fsp3) is 0.118. The Morgan fingerprint density at radius 1 is 1.25 bits per heavy atom. The second-order valence-electron chi connectivity index (χ2n) is 5.15. The highest BCUT2D eigenvalue weighted by molar-refractivity contribution is 9.10. The number of aromatic amines is 1. The summed E-state index contributed by atoms with van der Waals surface area (Å²) < 4.78 is 0.850. The third-order valence-electron chi connectivity index (χ3n) is 3.24. The lowest BCUT2D eigenvalue weighted by atomic mass is 10.1. The van der Waals surface area contributed by atoms with Gasteiger partial charge in [0.2, 0.25) is 11.1 Å². The van der Waals surface area contributed by atoms with Crippen molar-refractivity contribution in [3.05, 3.63) is 58.6 Å². The van der Waals surface area contributed by atoms with E-state index in [9.17, 15) is 4.79 Å². The Hall–Kier alpha value is -2.12. The molecule has 0 fully saturated rings. The molecule has 7 heteroatoms. The second-order valence-corrected chi connectivity index (χ2v) is 6.95. The number of rotatable bonds is 5. The van der Waals surface area contributed by atoms with E-state index in [1.54, 1.807) is 0 Å². The van der Waals surface area contributed by atoms with Gasteiger partial charge in [0.05, 0.1) is 11.4 Å². The van der Waals surface area contributed by atoms with Crippen LogP contribution in [0.3, 0.4) is 0 Å². The summed E-state index contributed by atoms with van der Waals surface area (Å²) in [6.45, 7) is 2.03. The number of para-hydroxylation sites is 1. The van der Waals surface area contributed by atoms with Crippen LogP contribution in [0.5, 0.6) is 0 Å². The number of carbonyl (C=O) groups is 1. The number of halogens is 1. The zero-order valence-corrected chi connectivity index (χ0v) is 15.3. The number of thioether (sulfide) groups is 1. The average molecular weight is 403 g/mol. The summed E-state index contributed by atoms with van der Waals surface area (Å²) in [5, 5.41) is 10.5. The molecule has 0 aliphatic carbocycles. The first-order valence-electron chi connectivity index (χ1n) is 7.28. The molecule has 0 bridgehead atoms. The quantitative estimate of drug-likeness (QED) is 0.624. The van der Waals surface area contributed by atoms with Crippen molar-refractivity contribution in [2.45, 2.75) is 12.1 Å². The molecule has 0 radical (unpaired) electrons. The predicted molar refractivity (Wildman–Crippen MR) is 100 cm³/mol. The zero-order valence-electron chi connectivity index (χ0n) is 12.9. The summed E-state index contributed by atoms with van der Waals surface area (Å²) in [5.41, 5.74) is 2.89. The number of nitrogens with zero attached hydrogens (tertiary/aromatic N) is 2. The number of nitrogens with one attached hydrogen (secondary N) is 2. The van der Waals surface area contributed by atoms with Crippen molar-refractivity contribution in [3.8, 4) is 11.4 Å². The van der Waals surface area contributed by atoms with E-state index in [1.807, 2.05) is 55.5 Å². The molecule has 3 rings (SSSR count). The van der Waals surface area contributed by atoms with Gasteiger partial charge >= 0.3 is 0 Å². The number of carbonyl (C=O) groups excluding carboxylic acids is 1. The molecule has 0 aliphatic heterocycles.